The van der Waals surface area contributed by atoms with Gasteiger partial charge in [0.25, 0.3) is 0 Å². The molecule has 1 aromatic carbocycles. The van der Waals surface area contributed by atoms with Crippen LogP contribution < -0.4 is 5.32 Å². The van der Waals surface area contributed by atoms with Crippen LogP contribution in [0.4, 0.5) is 0 Å². The molecule has 7 heteroatoms. The Balaban J connectivity index is 1.89. The topological polar surface area (TPSA) is 79.6 Å². The summed E-state index contributed by atoms with van der Waals surface area (Å²) in [5.74, 6) is 0.202. The maximum absolute atomic E-state index is 12.1. The molecule has 0 radical (unpaired) electrons. The minimum Gasteiger partial charge on any atom is -0.467 e. The summed E-state index contributed by atoms with van der Waals surface area (Å²) in [6, 6.07) is 12.5. The summed E-state index contributed by atoms with van der Waals surface area (Å²) in [5.41, 5.74) is 0.770. The van der Waals surface area contributed by atoms with Crippen LogP contribution in [-0.4, -0.2) is 32.2 Å². The Morgan fingerprint density at radius 1 is 1.22 bits per heavy atom. The van der Waals surface area contributed by atoms with Crippen molar-refractivity contribution in [1.82, 2.24) is 9.62 Å². The average Bonchev–Trinajstić information content (AvgIpc) is 3.05. The van der Waals surface area contributed by atoms with Gasteiger partial charge in [0, 0.05) is 12.5 Å². The SMILES string of the molecule is CN(CC(=O)NCc1ccco1)S(=O)(=O)/C=C/c1ccccc1. The van der Waals surface area contributed by atoms with Crippen molar-refractivity contribution in [3.63, 3.8) is 0 Å². The van der Waals surface area contributed by atoms with E-state index in [0.29, 0.717) is 5.76 Å². The lowest BCUT2D eigenvalue weighted by Gasteiger charge is -2.14. The number of furan rings is 1. The first-order valence-electron chi connectivity index (χ1n) is 6.96. The van der Waals surface area contributed by atoms with E-state index in [-0.39, 0.29) is 13.1 Å². The number of sulfonamides is 1. The van der Waals surface area contributed by atoms with Gasteiger partial charge in [-0.1, -0.05) is 30.3 Å². The van der Waals surface area contributed by atoms with Crippen LogP contribution in [0.15, 0.2) is 58.6 Å². The molecular formula is C16H18N2O4S. The van der Waals surface area contributed by atoms with Gasteiger partial charge >= 0.3 is 0 Å². The number of carbonyl (C=O) groups excluding carboxylic acids is 1. The Bertz CT molecular complexity index is 753. The quantitative estimate of drug-likeness (QED) is 0.838. The molecule has 0 spiro atoms. The summed E-state index contributed by atoms with van der Waals surface area (Å²) in [4.78, 5) is 11.8. The Morgan fingerprint density at radius 3 is 2.61 bits per heavy atom. The van der Waals surface area contributed by atoms with Crippen LogP contribution in [0.3, 0.4) is 0 Å². The molecule has 1 amide bonds. The number of amides is 1. The van der Waals surface area contributed by atoms with Gasteiger partial charge in [-0.25, -0.2) is 8.42 Å². The standard InChI is InChI=1S/C16H18N2O4S/c1-18(13-16(19)17-12-15-8-5-10-22-15)23(20,21)11-9-14-6-3-2-4-7-14/h2-11H,12-13H2,1H3,(H,17,19)/b11-9+. The van der Waals surface area contributed by atoms with Gasteiger partial charge in [-0.3, -0.25) is 4.79 Å². The Morgan fingerprint density at radius 2 is 1.96 bits per heavy atom. The van der Waals surface area contributed by atoms with Crippen LogP contribution >= 0.6 is 0 Å². The van der Waals surface area contributed by atoms with Crippen molar-refractivity contribution < 1.29 is 17.6 Å². The molecule has 1 aromatic heterocycles. The van der Waals surface area contributed by atoms with Crippen molar-refractivity contribution in [3.05, 3.63) is 65.5 Å². The fourth-order valence-corrected chi connectivity index (χ4v) is 2.61. The number of nitrogens with one attached hydrogen (secondary N) is 1. The Hall–Kier alpha value is -2.38. The number of rotatable bonds is 7. The number of benzene rings is 1. The predicted octanol–water partition coefficient (Wildman–Crippen LogP) is 1.83. The lowest BCUT2D eigenvalue weighted by molar-refractivity contribution is -0.121. The lowest BCUT2D eigenvalue weighted by atomic mass is 10.2. The third kappa shape index (κ3) is 5.39. The molecule has 0 bridgehead atoms. The number of hydrogen-bond acceptors (Lipinski definition) is 4. The molecule has 1 heterocycles. The van der Waals surface area contributed by atoms with Crippen LogP contribution in [0.25, 0.3) is 6.08 Å². The summed E-state index contributed by atoms with van der Waals surface area (Å²) in [6.45, 7) is -0.0399. The highest BCUT2D eigenvalue weighted by atomic mass is 32.2. The average molecular weight is 334 g/mol. The van der Waals surface area contributed by atoms with E-state index >= 15 is 0 Å². The fraction of sp³-hybridized carbons (Fsp3) is 0.188. The van der Waals surface area contributed by atoms with Gasteiger partial charge in [-0.15, -0.1) is 0 Å². The molecule has 0 saturated carbocycles. The first-order chi connectivity index (χ1) is 11.0. The van der Waals surface area contributed by atoms with Crippen molar-refractivity contribution in [2.45, 2.75) is 6.54 Å². The molecule has 2 rings (SSSR count). The van der Waals surface area contributed by atoms with E-state index in [4.69, 9.17) is 4.42 Å². The van der Waals surface area contributed by atoms with E-state index in [2.05, 4.69) is 5.32 Å². The second kappa shape index (κ2) is 7.75. The van der Waals surface area contributed by atoms with Gasteiger partial charge in [0.05, 0.1) is 19.4 Å². The lowest BCUT2D eigenvalue weighted by Crippen LogP contribution is -2.37. The van der Waals surface area contributed by atoms with E-state index in [9.17, 15) is 13.2 Å². The third-order valence-corrected chi connectivity index (χ3v) is 4.55. The van der Waals surface area contributed by atoms with Gasteiger partial charge in [0.15, 0.2) is 0 Å². The second-order valence-corrected chi connectivity index (χ2v) is 6.80. The normalized spacial score (nSPS) is 11.9. The highest BCUT2D eigenvalue weighted by Gasteiger charge is 2.17. The van der Waals surface area contributed by atoms with E-state index in [1.165, 1.54) is 19.4 Å². The van der Waals surface area contributed by atoms with Crippen LogP contribution in [0.5, 0.6) is 0 Å². The maximum Gasteiger partial charge on any atom is 0.236 e. The van der Waals surface area contributed by atoms with Gasteiger partial charge in [0.1, 0.15) is 5.76 Å². The highest BCUT2D eigenvalue weighted by Crippen LogP contribution is 2.06. The van der Waals surface area contributed by atoms with Crippen LogP contribution in [0.1, 0.15) is 11.3 Å². The van der Waals surface area contributed by atoms with Crippen LogP contribution in [0, 0.1) is 0 Å². The van der Waals surface area contributed by atoms with Gasteiger partial charge in [-0.2, -0.15) is 4.31 Å². The summed E-state index contributed by atoms with van der Waals surface area (Å²) < 4.78 is 30.3. The predicted molar refractivity (Wildman–Crippen MR) is 87.6 cm³/mol. The zero-order valence-electron chi connectivity index (χ0n) is 12.7. The van der Waals surface area contributed by atoms with Crippen molar-refractivity contribution in [1.29, 1.82) is 0 Å². The molecule has 0 aliphatic carbocycles. The van der Waals surface area contributed by atoms with E-state index in [1.54, 1.807) is 24.3 Å². The molecule has 0 fully saturated rings. The monoisotopic (exact) mass is 334 g/mol. The third-order valence-electron chi connectivity index (χ3n) is 3.07. The van der Waals surface area contributed by atoms with Crippen molar-refractivity contribution in [2.75, 3.05) is 13.6 Å². The van der Waals surface area contributed by atoms with Crippen molar-refractivity contribution >= 4 is 22.0 Å². The van der Waals surface area contributed by atoms with Gasteiger partial charge in [-0.05, 0) is 23.8 Å². The smallest absolute Gasteiger partial charge is 0.236 e. The number of carbonyl (C=O) groups is 1. The first kappa shape index (κ1) is 17.0. The largest absolute Gasteiger partial charge is 0.467 e. The number of hydrogen-bond donors (Lipinski definition) is 1. The summed E-state index contributed by atoms with van der Waals surface area (Å²) in [5, 5.41) is 3.68. The molecule has 122 valence electrons. The molecule has 1 N–H and O–H groups in total. The molecule has 0 atom stereocenters. The summed E-state index contributed by atoms with van der Waals surface area (Å²) in [6.07, 6.45) is 3.00. The Labute approximate surface area is 135 Å². The minimum atomic E-state index is -3.66. The summed E-state index contributed by atoms with van der Waals surface area (Å²) in [7, 11) is -2.30. The molecular weight excluding hydrogens is 316 g/mol. The van der Waals surface area contributed by atoms with Crippen LogP contribution in [-0.2, 0) is 21.4 Å². The minimum absolute atomic E-state index is 0.222. The maximum atomic E-state index is 12.1. The van der Waals surface area contributed by atoms with Gasteiger partial charge < -0.3 is 9.73 Å². The van der Waals surface area contributed by atoms with Crippen molar-refractivity contribution in [3.8, 4) is 0 Å². The van der Waals surface area contributed by atoms with E-state index < -0.39 is 15.9 Å². The molecule has 0 aliphatic heterocycles. The molecule has 2 aromatic rings. The fourth-order valence-electron chi connectivity index (χ4n) is 1.78. The van der Waals surface area contributed by atoms with E-state index in [1.807, 2.05) is 18.2 Å². The number of nitrogens with zero attached hydrogens (tertiary/aromatic N) is 1. The Kier molecular flexibility index (Phi) is 5.72. The second-order valence-electron chi connectivity index (χ2n) is 4.87. The van der Waals surface area contributed by atoms with Crippen molar-refractivity contribution in [2.24, 2.45) is 0 Å². The molecule has 0 saturated heterocycles. The molecule has 0 unspecified atom stereocenters. The zero-order valence-corrected chi connectivity index (χ0v) is 13.5. The zero-order chi connectivity index (χ0) is 16.7. The molecule has 23 heavy (non-hydrogen) atoms. The highest BCUT2D eigenvalue weighted by molar-refractivity contribution is 7.92. The molecule has 0 aliphatic rings. The van der Waals surface area contributed by atoms with Crippen LogP contribution in [0.2, 0.25) is 0 Å². The van der Waals surface area contributed by atoms with E-state index in [0.717, 1.165) is 15.3 Å². The molecule has 6 nitrogen and oxygen atoms in total. The first-order valence-corrected chi connectivity index (χ1v) is 8.46. The number of likely N-dealkylation sites (N-methyl/N-ethyl adjacent to an activating group) is 1. The summed E-state index contributed by atoms with van der Waals surface area (Å²) >= 11 is 0. The van der Waals surface area contributed by atoms with Gasteiger partial charge in [0.2, 0.25) is 15.9 Å².